The van der Waals surface area contributed by atoms with Crippen molar-refractivity contribution in [3.63, 3.8) is 0 Å². The summed E-state index contributed by atoms with van der Waals surface area (Å²) in [6.07, 6.45) is -1.02. The number of imide groups is 1. The molecule has 2 atom stereocenters. The molecule has 0 aliphatic carbocycles. The number of ether oxygens (including phenoxy) is 2. The van der Waals surface area contributed by atoms with Gasteiger partial charge in [-0.1, -0.05) is 28.1 Å². The minimum absolute atomic E-state index is 0.0471. The lowest BCUT2D eigenvalue weighted by Gasteiger charge is -2.23. The van der Waals surface area contributed by atoms with Crippen molar-refractivity contribution in [2.24, 2.45) is 0 Å². The molecule has 0 unspecified atom stereocenters. The fourth-order valence-electron chi connectivity index (χ4n) is 2.98. The van der Waals surface area contributed by atoms with Crippen molar-refractivity contribution in [3.05, 3.63) is 58.6 Å². The molecule has 2 N–H and O–H groups in total. The number of benzene rings is 2. The van der Waals surface area contributed by atoms with Crippen LogP contribution >= 0.6 is 15.9 Å². The van der Waals surface area contributed by atoms with Gasteiger partial charge in [0.15, 0.2) is 0 Å². The van der Waals surface area contributed by atoms with Crippen molar-refractivity contribution in [2.45, 2.75) is 18.6 Å². The molecule has 3 rings (SSSR count). The number of methoxy groups -OCH3 is 1. The highest BCUT2D eigenvalue weighted by molar-refractivity contribution is 9.10. The van der Waals surface area contributed by atoms with Crippen LogP contribution in [0.3, 0.4) is 0 Å². The molecule has 1 aliphatic rings. The van der Waals surface area contributed by atoms with Crippen LogP contribution in [-0.4, -0.2) is 48.3 Å². The number of nitrogens with zero attached hydrogens (tertiary/aromatic N) is 1. The molecule has 8 heteroatoms. The molecule has 7 nitrogen and oxygen atoms in total. The Balaban J connectivity index is 1.66. The monoisotopic (exact) mass is 448 g/mol. The van der Waals surface area contributed by atoms with E-state index in [0.717, 1.165) is 9.37 Å². The summed E-state index contributed by atoms with van der Waals surface area (Å²) in [6.45, 7) is 1.42. The van der Waals surface area contributed by atoms with E-state index in [1.807, 2.05) is 12.1 Å². The lowest BCUT2D eigenvalue weighted by molar-refractivity contribution is -0.132. The second-order valence-corrected chi connectivity index (χ2v) is 7.54. The summed E-state index contributed by atoms with van der Waals surface area (Å²) < 4.78 is 11.6. The van der Waals surface area contributed by atoms with Crippen LogP contribution in [0.25, 0.3) is 0 Å². The SMILES string of the molecule is COc1cccc([C@@]2(C)NC(=O)N(C[C@H](O)COc3ccc(Br)cc3)C2=O)c1. The number of halogens is 1. The van der Waals surface area contributed by atoms with Crippen LogP contribution < -0.4 is 14.8 Å². The molecule has 2 aromatic rings. The molecule has 28 heavy (non-hydrogen) atoms. The second kappa shape index (κ2) is 8.20. The molecule has 0 radical (unpaired) electrons. The van der Waals surface area contributed by atoms with Crippen LogP contribution in [0.2, 0.25) is 0 Å². The number of hydrogen-bond donors (Lipinski definition) is 2. The Hall–Kier alpha value is -2.58. The molecule has 148 valence electrons. The number of hydrogen-bond acceptors (Lipinski definition) is 5. The summed E-state index contributed by atoms with van der Waals surface area (Å²) >= 11 is 3.33. The zero-order valence-electron chi connectivity index (χ0n) is 15.5. The molecular weight excluding hydrogens is 428 g/mol. The molecule has 1 aliphatic heterocycles. The van der Waals surface area contributed by atoms with Crippen molar-refractivity contribution in [1.82, 2.24) is 10.2 Å². The van der Waals surface area contributed by atoms with E-state index >= 15 is 0 Å². The molecule has 3 amide bonds. The zero-order chi connectivity index (χ0) is 20.3. The van der Waals surface area contributed by atoms with Crippen molar-refractivity contribution < 1.29 is 24.2 Å². The van der Waals surface area contributed by atoms with E-state index < -0.39 is 23.6 Å². The number of amides is 3. The van der Waals surface area contributed by atoms with Gasteiger partial charge in [0.25, 0.3) is 5.91 Å². The van der Waals surface area contributed by atoms with E-state index in [2.05, 4.69) is 21.2 Å². The number of β-amino-alcohol motifs (C(OH)–C–C–N with tert-alkyl or cyclic N) is 1. The Morgan fingerprint density at radius 1 is 1.18 bits per heavy atom. The van der Waals surface area contributed by atoms with Crippen LogP contribution in [-0.2, 0) is 10.3 Å². The summed E-state index contributed by atoms with van der Waals surface area (Å²) in [7, 11) is 1.53. The van der Waals surface area contributed by atoms with Crippen LogP contribution in [0.1, 0.15) is 12.5 Å². The fraction of sp³-hybridized carbons (Fsp3) is 0.300. The van der Waals surface area contributed by atoms with Crippen molar-refractivity contribution in [2.75, 3.05) is 20.3 Å². The third kappa shape index (κ3) is 4.13. The average molecular weight is 449 g/mol. The second-order valence-electron chi connectivity index (χ2n) is 6.62. The van der Waals surface area contributed by atoms with E-state index in [1.165, 1.54) is 7.11 Å². The van der Waals surface area contributed by atoms with Crippen molar-refractivity contribution in [1.29, 1.82) is 0 Å². The van der Waals surface area contributed by atoms with Gasteiger partial charge in [0.05, 0.1) is 13.7 Å². The molecule has 0 saturated carbocycles. The predicted octanol–water partition coefficient (Wildman–Crippen LogP) is 2.66. The van der Waals surface area contributed by atoms with Gasteiger partial charge in [-0.25, -0.2) is 4.79 Å². The Morgan fingerprint density at radius 3 is 2.57 bits per heavy atom. The average Bonchev–Trinajstić information content (AvgIpc) is 2.91. The summed E-state index contributed by atoms with van der Waals surface area (Å²) in [5.74, 6) is 0.733. The molecule has 0 bridgehead atoms. The van der Waals surface area contributed by atoms with E-state index in [4.69, 9.17) is 9.47 Å². The quantitative estimate of drug-likeness (QED) is 0.635. The Morgan fingerprint density at radius 2 is 1.89 bits per heavy atom. The van der Waals surface area contributed by atoms with Gasteiger partial charge in [0.2, 0.25) is 0 Å². The topological polar surface area (TPSA) is 88.1 Å². The van der Waals surface area contributed by atoms with Crippen LogP contribution in [0.4, 0.5) is 4.79 Å². The highest BCUT2D eigenvalue weighted by Gasteiger charge is 2.49. The highest BCUT2D eigenvalue weighted by Crippen LogP contribution is 2.31. The number of carbonyl (C=O) groups is 2. The number of aliphatic hydroxyl groups excluding tert-OH is 1. The molecule has 0 aromatic heterocycles. The third-order valence-electron chi connectivity index (χ3n) is 4.57. The first-order chi connectivity index (χ1) is 13.3. The zero-order valence-corrected chi connectivity index (χ0v) is 17.1. The normalized spacial score (nSPS) is 20.1. The minimum Gasteiger partial charge on any atom is -0.497 e. The smallest absolute Gasteiger partial charge is 0.325 e. The fourth-order valence-corrected chi connectivity index (χ4v) is 3.24. The van der Waals surface area contributed by atoms with Gasteiger partial charge < -0.3 is 19.9 Å². The lowest BCUT2D eigenvalue weighted by atomic mass is 9.92. The molecule has 2 aromatic carbocycles. The number of urea groups is 1. The van der Waals surface area contributed by atoms with Crippen LogP contribution in [0.5, 0.6) is 11.5 Å². The Labute approximate surface area is 171 Å². The summed E-state index contributed by atoms with van der Waals surface area (Å²) in [6, 6.07) is 13.5. The van der Waals surface area contributed by atoms with Gasteiger partial charge in [0, 0.05) is 4.47 Å². The van der Waals surface area contributed by atoms with Crippen molar-refractivity contribution >= 4 is 27.9 Å². The van der Waals surface area contributed by atoms with Crippen molar-refractivity contribution in [3.8, 4) is 11.5 Å². The summed E-state index contributed by atoms with van der Waals surface area (Å²) in [5.41, 5.74) is -0.619. The first-order valence-corrected chi connectivity index (χ1v) is 9.48. The maximum absolute atomic E-state index is 12.9. The largest absolute Gasteiger partial charge is 0.497 e. The van der Waals surface area contributed by atoms with Crippen LogP contribution in [0, 0.1) is 0 Å². The number of rotatable bonds is 7. The Bertz CT molecular complexity index is 873. The number of nitrogens with one attached hydrogen (secondary N) is 1. The van der Waals surface area contributed by atoms with E-state index in [1.54, 1.807) is 43.3 Å². The molecule has 1 fully saturated rings. The standard InChI is InChI=1S/C20H21BrN2O5/c1-20(13-4-3-5-17(10-13)27-2)18(25)23(19(26)22-20)11-15(24)12-28-16-8-6-14(21)7-9-16/h3-10,15,24H,11-12H2,1-2H3,(H,22,26)/t15-,20+/m0/s1. The van der Waals surface area contributed by atoms with Crippen LogP contribution in [0.15, 0.2) is 53.0 Å². The van der Waals surface area contributed by atoms with Gasteiger partial charge in [-0.3, -0.25) is 9.69 Å². The van der Waals surface area contributed by atoms with Gasteiger partial charge in [0.1, 0.15) is 29.7 Å². The van der Waals surface area contributed by atoms with E-state index in [9.17, 15) is 14.7 Å². The first-order valence-electron chi connectivity index (χ1n) is 8.68. The van der Waals surface area contributed by atoms with Gasteiger partial charge >= 0.3 is 6.03 Å². The molecular formula is C20H21BrN2O5. The van der Waals surface area contributed by atoms with Gasteiger partial charge in [-0.05, 0) is 48.9 Å². The van der Waals surface area contributed by atoms with E-state index in [-0.39, 0.29) is 13.2 Å². The summed E-state index contributed by atoms with van der Waals surface area (Å²) in [5, 5.41) is 13.0. The predicted molar refractivity (Wildman–Crippen MR) is 106 cm³/mol. The third-order valence-corrected chi connectivity index (χ3v) is 5.10. The first kappa shape index (κ1) is 20.2. The summed E-state index contributed by atoms with van der Waals surface area (Å²) in [4.78, 5) is 26.3. The van der Waals surface area contributed by atoms with Gasteiger partial charge in [-0.2, -0.15) is 0 Å². The molecule has 1 saturated heterocycles. The molecule has 1 heterocycles. The van der Waals surface area contributed by atoms with E-state index in [0.29, 0.717) is 17.1 Å². The minimum atomic E-state index is -1.22. The number of carbonyl (C=O) groups excluding carboxylic acids is 2. The molecule has 0 spiro atoms. The van der Waals surface area contributed by atoms with Gasteiger partial charge in [-0.15, -0.1) is 0 Å². The highest BCUT2D eigenvalue weighted by atomic mass is 79.9. The maximum atomic E-state index is 12.9. The maximum Gasteiger partial charge on any atom is 0.325 e. The number of aliphatic hydroxyl groups is 1. The Kier molecular flexibility index (Phi) is 5.90. The lowest BCUT2D eigenvalue weighted by Crippen LogP contribution is -2.42.